The van der Waals surface area contributed by atoms with Crippen molar-refractivity contribution < 1.29 is 14.3 Å². The molecule has 0 aromatic carbocycles. The fraction of sp³-hybridized carbons (Fsp3) is 0.846. The van der Waals surface area contributed by atoms with Crippen molar-refractivity contribution in [1.82, 2.24) is 15.1 Å². The number of nitrogens with one attached hydrogen (secondary N) is 1. The van der Waals surface area contributed by atoms with Gasteiger partial charge in [0.2, 0.25) is 5.91 Å². The highest BCUT2D eigenvalue weighted by molar-refractivity contribution is 5.78. The first kappa shape index (κ1) is 15.9. The number of hydrogen-bond donors (Lipinski definition) is 1. The standard InChI is InChI=1S/C13H25N3O3/c1-3-15-7-9-16(10-8-15)11-12(17)14-6-4-5-13(18)19-2/h3-11H2,1-2H3,(H,14,17). The van der Waals surface area contributed by atoms with Gasteiger partial charge in [-0.15, -0.1) is 0 Å². The Kier molecular flexibility index (Phi) is 7.43. The molecule has 0 aliphatic carbocycles. The van der Waals surface area contributed by atoms with Crippen LogP contribution < -0.4 is 5.32 Å². The first-order chi connectivity index (χ1) is 9.15. The van der Waals surface area contributed by atoms with Crippen LogP contribution in [0.5, 0.6) is 0 Å². The molecule has 0 aromatic rings. The highest BCUT2D eigenvalue weighted by atomic mass is 16.5. The number of hydrogen-bond acceptors (Lipinski definition) is 5. The van der Waals surface area contributed by atoms with Crippen LogP contribution in [-0.2, 0) is 14.3 Å². The summed E-state index contributed by atoms with van der Waals surface area (Å²) in [6.07, 6.45) is 0.980. The van der Waals surface area contributed by atoms with Crippen molar-refractivity contribution in [3.8, 4) is 0 Å². The summed E-state index contributed by atoms with van der Waals surface area (Å²) in [6.45, 7) is 8.18. The third-order valence-electron chi connectivity index (χ3n) is 3.39. The fourth-order valence-corrected chi connectivity index (χ4v) is 2.09. The molecule has 6 nitrogen and oxygen atoms in total. The average Bonchev–Trinajstić information content (AvgIpc) is 2.44. The van der Waals surface area contributed by atoms with Gasteiger partial charge < -0.3 is 15.0 Å². The van der Waals surface area contributed by atoms with E-state index in [9.17, 15) is 9.59 Å². The number of carbonyl (C=O) groups is 2. The number of carbonyl (C=O) groups excluding carboxylic acids is 2. The van der Waals surface area contributed by atoms with Gasteiger partial charge in [0.1, 0.15) is 0 Å². The van der Waals surface area contributed by atoms with E-state index >= 15 is 0 Å². The number of piperazine rings is 1. The van der Waals surface area contributed by atoms with Gasteiger partial charge in [-0.05, 0) is 13.0 Å². The molecule has 1 rings (SSSR count). The quantitative estimate of drug-likeness (QED) is 0.508. The van der Waals surface area contributed by atoms with Crippen molar-refractivity contribution >= 4 is 11.9 Å². The number of amides is 1. The Morgan fingerprint density at radius 3 is 2.37 bits per heavy atom. The normalized spacial score (nSPS) is 17.2. The Morgan fingerprint density at radius 2 is 1.79 bits per heavy atom. The van der Waals surface area contributed by atoms with Gasteiger partial charge in [0.25, 0.3) is 0 Å². The van der Waals surface area contributed by atoms with Crippen LogP contribution in [0.25, 0.3) is 0 Å². The van der Waals surface area contributed by atoms with E-state index in [0.717, 1.165) is 32.7 Å². The first-order valence-corrected chi connectivity index (χ1v) is 6.94. The summed E-state index contributed by atoms with van der Waals surface area (Å²) in [6, 6.07) is 0. The topological polar surface area (TPSA) is 61.9 Å². The zero-order chi connectivity index (χ0) is 14.1. The van der Waals surface area contributed by atoms with Crippen molar-refractivity contribution in [3.63, 3.8) is 0 Å². The predicted molar refractivity (Wildman–Crippen MR) is 72.8 cm³/mol. The summed E-state index contributed by atoms with van der Waals surface area (Å²) in [5, 5.41) is 2.83. The van der Waals surface area contributed by atoms with Crippen LogP contribution in [0.15, 0.2) is 0 Å². The summed E-state index contributed by atoms with van der Waals surface area (Å²) in [5.41, 5.74) is 0. The minimum absolute atomic E-state index is 0.0369. The Hall–Kier alpha value is -1.14. The first-order valence-electron chi connectivity index (χ1n) is 6.94. The highest BCUT2D eigenvalue weighted by Crippen LogP contribution is 2.00. The second kappa shape index (κ2) is 8.87. The van der Waals surface area contributed by atoms with Crippen LogP contribution in [0.3, 0.4) is 0 Å². The molecule has 1 amide bonds. The van der Waals surface area contributed by atoms with Gasteiger partial charge in [0.05, 0.1) is 13.7 Å². The number of likely N-dealkylation sites (N-methyl/N-ethyl adjacent to an activating group) is 1. The monoisotopic (exact) mass is 271 g/mol. The van der Waals surface area contributed by atoms with E-state index in [-0.39, 0.29) is 11.9 Å². The SMILES string of the molecule is CCN1CCN(CC(=O)NCCCC(=O)OC)CC1. The molecular weight excluding hydrogens is 246 g/mol. The zero-order valence-corrected chi connectivity index (χ0v) is 12.0. The Morgan fingerprint density at radius 1 is 1.16 bits per heavy atom. The minimum atomic E-state index is -0.232. The molecule has 1 fully saturated rings. The molecule has 0 radical (unpaired) electrons. The summed E-state index contributed by atoms with van der Waals surface area (Å²) in [4.78, 5) is 27.1. The number of methoxy groups -OCH3 is 1. The average molecular weight is 271 g/mol. The maximum atomic E-state index is 11.7. The Balaban J connectivity index is 2.06. The molecule has 0 aromatic heterocycles. The summed E-state index contributed by atoms with van der Waals surface area (Å²) < 4.78 is 4.53. The van der Waals surface area contributed by atoms with Crippen molar-refractivity contribution in [3.05, 3.63) is 0 Å². The van der Waals surface area contributed by atoms with E-state index in [2.05, 4.69) is 26.8 Å². The smallest absolute Gasteiger partial charge is 0.305 e. The van der Waals surface area contributed by atoms with Crippen molar-refractivity contribution in [2.75, 3.05) is 52.9 Å². The lowest BCUT2D eigenvalue weighted by Gasteiger charge is -2.33. The van der Waals surface area contributed by atoms with Gasteiger partial charge in [0, 0.05) is 39.1 Å². The van der Waals surface area contributed by atoms with Crippen molar-refractivity contribution in [2.45, 2.75) is 19.8 Å². The molecule has 0 unspecified atom stereocenters. The molecule has 1 heterocycles. The number of nitrogens with zero attached hydrogens (tertiary/aromatic N) is 2. The zero-order valence-electron chi connectivity index (χ0n) is 12.0. The third kappa shape index (κ3) is 6.54. The maximum absolute atomic E-state index is 11.7. The predicted octanol–water partition coefficient (Wildman–Crippen LogP) is -0.307. The van der Waals surface area contributed by atoms with E-state index < -0.39 is 0 Å². The van der Waals surface area contributed by atoms with E-state index in [1.807, 2.05) is 0 Å². The molecule has 0 saturated carbocycles. The van der Waals surface area contributed by atoms with Crippen LogP contribution in [0, 0.1) is 0 Å². The van der Waals surface area contributed by atoms with Crippen LogP contribution in [-0.4, -0.2) is 74.6 Å². The largest absolute Gasteiger partial charge is 0.469 e. The molecule has 0 atom stereocenters. The van der Waals surface area contributed by atoms with Crippen molar-refractivity contribution in [1.29, 1.82) is 0 Å². The van der Waals surface area contributed by atoms with E-state index in [1.54, 1.807) is 0 Å². The molecule has 110 valence electrons. The number of rotatable bonds is 7. The minimum Gasteiger partial charge on any atom is -0.469 e. The third-order valence-corrected chi connectivity index (χ3v) is 3.39. The lowest BCUT2D eigenvalue weighted by atomic mass is 10.3. The van der Waals surface area contributed by atoms with Gasteiger partial charge in [-0.2, -0.15) is 0 Å². The lowest BCUT2D eigenvalue weighted by molar-refractivity contribution is -0.140. The molecule has 1 aliphatic heterocycles. The van der Waals surface area contributed by atoms with E-state index in [1.165, 1.54) is 7.11 Å². The van der Waals surface area contributed by atoms with Gasteiger partial charge in [-0.25, -0.2) is 0 Å². The van der Waals surface area contributed by atoms with Gasteiger partial charge in [0.15, 0.2) is 0 Å². The molecular formula is C13H25N3O3. The molecule has 1 N–H and O–H groups in total. The maximum Gasteiger partial charge on any atom is 0.305 e. The second-order valence-corrected chi connectivity index (χ2v) is 4.74. The van der Waals surface area contributed by atoms with Crippen LogP contribution in [0.1, 0.15) is 19.8 Å². The van der Waals surface area contributed by atoms with E-state index in [0.29, 0.717) is 25.9 Å². The Bertz CT molecular complexity index is 289. The van der Waals surface area contributed by atoms with E-state index in [4.69, 9.17) is 0 Å². The summed E-state index contributed by atoms with van der Waals surface area (Å²) in [7, 11) is 1.37. The van der Waals surface area contributed by atoms with Crippen molar-refractivity contribution in [2.24, 2.45) is 0 Å². The molecule has 0 spiro atoms. The highest BCUT2D eigenvalue weighted by Gasteiger charge is 2.17. The van der Waals surface area contributed by atoms with Crippen LogP contribution in [0.4, 0.5) is 0 Å². The molecule has 6 heteroatoms. The van der Waals surface area contributed by atoms with Crippen LogP contribution >= 0.6 is 0 Å². The lowest BCUT2D eigenvalue weighted by Crippen LogP contribution is -2.49. The van der Waals surface area contributed by atoms with Gasteiger partial charge in [-0.1, -0.05) is 6.92 Å². The molecule has 19 heavy (non-hydrogen) atoms. The second-order valence-electron chi connectivity index (χ2n) is 4.74. The van der Waals surface area contributed by atoms with Crippen LogP contribution in [0.2, 0.25) is 0 Å². The fourth-order valence-electron chi connectivity index (χ4n) is 2.09. The molecule has 0 bridgehead atoms. The number of ether oxygens (including phenoxy) is 1. The summed E-state index contributed by atoms with van der Waals surface area (Å²) >= 11 is 0. The van der Waals surface area contributed by atoms with Gasteiger partial charge >= 0.3 is 5.97 Å². The summed E-state index contributed by atoms with van der Waals surface area (Å²) in [5.74, 6) is -0.195. The Labute approximate surface area is 115 Å². The van der Waals surface area contributed by atoms with Gasteiger partial charge in [-0.3, -0.25) is 14.5 Å². The molecule has 1 saturated heterocycles. The molecule has 1 aliphatic rings. The number of esters is 1.